The number of hydrogen-bond acceptors (Lipinski definition) is 3. The van der Waals surface area contributed by atoms with Gasteiger partial charge in [0.25, 0.3) is 0 Å². The monoisotopic (exact) mass is 195 g/mol. The minimum atomic E-state index is 0.945. The second-order valence-corrected chi connectivity index (χ2v) is 4.27. The Labute approximate surface area is 82.2 Å². The van der Waals surface area contributed by atoms with Gasteiger partial charge in [-0.05, 0) is 26.3 Å². The van der Waals surface area contributed by atoms with Gasteiger partial charge < -0.3 is 0 Å². The summed E-state index contributed by atoms with van der Waals surface area (Å²) in [4.78, 5) is 4.45. The van der Waals surface area contributed by atoms with Gasteiger partial charge in [-0.15, -0.1) is 0 Å². The van der Waals surface area contributed by atoms with Crippen molar-refractivity contribution in [2.75, 3.05) is 12.3 Å². The van der Waals surface area contributed by atoms with E-state index in [1.54, 1.807) is 11.8 Å². The third kappa shape index (κ3) is 1.77. The average Bonchev–Trinajstić information content (AvgIpc) is 2.47. The van der Waals surface area contributed by atoms with Crippen LogP contribution < -0.4 is 0 Å². The summed E-state index contributed by atoms with van der Waals surface area (Å²) in [7, 11) is 0. The van der Waals surface area contributed by atoms with Crippen LogP contribution in [0.2, 0.25) is 0 Å². The van der Waals surface area contributed by atoms with E-state index in [0.717, 1.165) is 23.2 Å². The van der Waals surface area contributed by atoms with Gasteiger partial charge in [0.15, 0.2) is 5.17 Å². The molecule has 1 aromatic rings. The molecule has 0 fully saturated rings. The molecule has 0 saturated carbocycles. The lowest BCUT2D eigenvalue weighted by Gasteiger charge is -2.11. The third-order valence-corrected chi connectivity index (χ3v) is 3.02. The number of aliphatic imine (C=N–C) groups is 1. The van der Waals surface area contributed by atoms with E-state index in [1.807, 2.05) is 11.6 Å². The maximum Gasteiger partial charge on any atom is 0.184 e. The molecule has 0 aromatic carbocycles. The van der Waals surface area contributed by atoms with Crippen molar-refractivity contribution in [3.63, 3.8) is 0 Å². The van der Waals surface area contributed by atoms with E-state index < -0.39 is 0 Å². The van der Waals surface area contributed by atoms with Crippen molar-refractivity contribution in [1.82, 2.24) is 9.78 Å². The van der Waals surface area contributed by atoms with E-state index in [4.69, 9.17) is 0 Å². The first-order valence-electron chi connectivity index (χ1n) is 4.48. The summed E-state index contributed by atoms with van der Waals surface area (Å²) >= 11 is 1.79. The highest BCUT2D eigenvalue weighted by Gasteiger charge is 2.11. The second-order valence-electron chi connectivity index (χ2n) is 3.21. The number of aryl methyl sites for hydroxylation is 2. The zero-order chi connectivity index (χ0) is 9.26. The normalized spacial score (nSPS) is 17.2. The van der Waals surface area contributed by atoms with Gasteiger partial charge in [-0.2, -0.15) is 5.10 Å². The summed E-state index contributed by atoms with van der Waals surface area (Å²) in [6, 6.07) is 2.08. The largest absolute Gasteiger partial charge is 0.261 e. The van der Waals surface area contributed by atoms with Crippen LogP contribution in [0.15, 0.2) is 11.1 Å². The van der Waals surface area contributed by atoms with Gasteiger partial charge in [-0.25, -0.2) is 4.68 Å². The lowest BCUT2D eigenvalue weighted by Crippen LogP contribution is -2.16. The number of hydrogen-bond donors (Lipinski definition) is 0. The van der Waals surface area contributed by atoms with Gasteiger partial charge in [0.1, 0.15) is 0 Å². The molecule has 0 amide bonds. The van der Waals surface area contributed by atoms with E-state index >= 15 is 0 Å². The fraction of sp³-hybridized carbons (Fsp3) is 0.556. The van der Waals surface area contributed by atoms with Crippen LogP contribution in [-0.4, -0.2) is 27.2 Å². The average molecular weight is 195 g/mol. The Hall–Kier alpha value is -0.770. The van der Waals surface area contributed by atoms with E-state index in [9.17, 15) is 0 Å². The smallest absolute Gasteiger partial charge is 0.184 e. The fourth-order valence-electron chi connectivity index (χ4n) is 1.40. The van der Waals surface area contributed by atoms with Crippen molar-refractivity contribution in [3.05, 3.63) is 17.5 Å². The zero-order valence-corrected chi connectivity index (χ0v) is 8.77. The summed E-state index contributed by atoms with van der Waals surface area (Å²) in [6.07, 6.45) is 1.19. The van der Waals surface area contributed by atoms with E-state index in [0.29, 0.717) is 0 Å². The van der Waals surface area contributed by atoms with Crippen molar-refractivity contribution >= 4 is 16.9 Å². The molecule has 2 rings (SSSR count). The number of thioether (sulfide) groups is 1. The molecule has 0 N–H and O–H groups in total. The second kappa shape index (κ2) is 3.54. The quantitative estimate of drug-likeness (QED) is 0.632. The highest BCUT2D eigenvalue weighted by Crippen LogP contribution is 2.15. The Morgan fingerprint density at radius 2 is 2.31 bits per heavy atom. The molecule has 1 aliphatic heterocycles. The molecule has 0 bridgehead atoms. The van der Waals surface area contributed by atoms with Gasteiger partial charge in [0, 0.05) is 18.0 Å². The summed E-state index contributed by atoms with van der Waals surface area (Å²) in [5, 5.41) is 5.45. The van der Waals surface area contributed by atoms with Crippen molar-refractivity contribution in [2.45, 2.75) is 20.3 Å². The Bertz CT molecular complexity index is 341. The van der Waals surface area contributed by atoms with E-state index in [1.165, 1.54) is 12.1 Å². The maximum absolute atomic E-state index is 4.45. The Balaban J connectivity index is 2.33. The Morgan fingerprint density at radius 3 is 2.85 bits per heavy atom. The molecular weight excluding hydrogens is 182 g/mol. The first-order chi connectivity index (χ1) is 6.27. The van der Waals surface area contributed by atoms with Crippen LogP contribution in [0.1, 0.15) is 17.8 Å². The SMILES string of the molecule is Cc1cc(C)n(C2=NCCCS2)n1. The molecule has 0 aliphatic carbocycles. The molecule has 0 spiro atoms. The summed E-state index contributed by atoms with van der Waals surface area (Å²) in [5.41, 5.74) is 2.23. The molecule has 0 saturated heterocycles. The van der Waals surface area contributed by atoms with Crippen molar-refractivity contribution in [1.29, 1.82) is 0 Å². The van der Waals surface area contributed by atoms with Crippen LogP contribution in [-0.2, 0) is 0 Å². The molecule has 4 heteroatoms. The maximum atomic E-state index is 4.45. The fourth-order valence-corrected chi connectivity index (χ4v) is 2.34. The molecule has 2 heterocycles. The molecule has 0 unspecified atom stereocenters. The lowest BCUT2D eigenvalue weighted by atomic mass is 10.4. The standard InChI is InChI=1S/C9H13N3S/c1-7-6-8(2)12(11-7)9-10-4-3-5-13-9/h6H,3-5H2,1-2H3. The Morgan fingerprint density at radius 1 is 1.46 bits per heavy atom. The molecule has 0 radical (unpaired) electrons. The van der Waals surface area contributed by atoms with Crippen LogP contribution in [0.4, 0.5) is 0 Å². The number of aromatic nitrogens is 2. The first kappa shape index (κ1) is 8.81. The van der Waals surface area contributed by atoms with Gasteiger partial charge in [-0.1, -0.05) is 11.8 Å². The zero-order valence-electron chi connectivity index (χ0n) is 7.95. The lowest BCUT2D eigenvalue weighted by molar-refractivity contribution is 0.859. The van der Waals surface area contributed by atoms with Crippen LogP contribution in [0, 0.1) is 13.8 Å². The molecule has 13 heavy (non-hydrogen) atoms. The highest BCUT2D eigenvalue weighted by atomic mass is 32.2. The first-order valence-corrected chi connectivity index (χ1v) is 5.47. The van der Waals surface area contributed by atoms with Crippen LogP contribution >= 0.6 is 11.8 Å². The highest BCUT2D eigenvalue weighted by molar-refractivity contribution is 8.13. The van der Waals surface area contributed by atoms with Gasteiger partial charge in [-0.3, -0.25) is 4.99 Å². The topological polar surface area (TPSA) is 30.2 Å². The van der Waals surface area contributed by atoms with Crippen molar-refractivity contribution in [2.24, 2.45) is 4.99 Å². The number of rotatable bonds is 0. The van der Waals surface area contributed by atoms with Crippen molar-refractivity contribution in [3.8, 4) is 0 Å². The molecular formula is C9H13N3S. The predicted molar refractivity (Wildman–Crippen MR) is 56.5 cm³/mol. The molecule has 1 aromatic heterocycles. The van der Waals surface area contributed by atoms with Crippen LogP contribution in [0.25, 0.3) is 0 Å². The third-order valence-electron chi connectivity index (χ3n) is 1.97. The molecule has 1 aliphatic rings. The Kier molecular flexibility index (Phi) is 2.40. The van der Waals surface area contributed by atoms with Crippen LogP contribution in [0.5, 0.6) is 0 Å². The van der Waals surface area contributed by atoms with E-state index in [2.05, 4.69) is 23.1 Å². The summed E-state index contributed by atoms with van der Waals surface area (Å²) in [6.45, 7) is 5.02. The molecule has 3 nitrogen and oxygen atoms in total. The van der Waals surface area contributed by atoms with Gasteiger partial charge >= 0.3 is 0 Å². The predicted octanol–water partition coefficient (Wildman–Crippen LogP) is 1.84. The van der Waals surface area contributed by atoms with Gasteiger partial charge in [0.2, 0.25) is 0 Å². The number of nitrogens with zero attached hydrogens (tertiary/aromatic N) is 3. The molecule has 0 atom stereocenters. The van der Waals surface area contributed by atoms with E-state index in [-0.39, 0.29) is 0 Å². The minimum Gasteiger partial charge on any atom is -0.261 e. The summed E-state index contributed by atoms with van der Waals surface area (Å²) < 4.78 is 1.94. The summed E-state index contributed by atoms with van der Waals surface area (Å²) in [5.74, 6) is 1.16. The minimum absolute atomic E-state index is 0.945. The van der Waals surface area contributed by atoms with Crippen molar-refractivity contribution < 1.29 is 0 Å². The van der Waals surface area contributed by atoms with Gasteiger partial charge in [0.05, 0.1) is 5.69 Å². The molecule has 70 valence electrons. The van der Waals surface area contributed by atoms with Crippen LogP contribution in [0.3, 0.4) is 0 Å².